The Hall–Kier alpha value is -1.36. The van der Waals surface area contributed by atoms with Crippen LogP contribution in [0.1, 0.15) is 42.1 Å². The van der Waals surface area contributed by atoms with Crippen molar-refractivity contribution in [1.82, 2.24) is 15.2 Å². The third kappa shape index (κ3) is 2.14. The highest BCUT2D eigenvalue weighted by Gasteiger charge is 2.35. The van der Waals surface area contributed by atoms with E-state index in [1.54, 1.807) is 6.20 Å². The fourth-order valence-electron chi connectivity index (χ4n) is 3.05. The third-order valence-electron chi connectivity index (χ3n) is 4.04. The summed E-state index contributed by atoms with van der Waals surface area (Å²) in [5.74, 6) is 6.18. The number of rotatable bonds is 5. The molecule has 0 radical (unpaired) electrons. The first kappa shape index (κ1) is 13.6. The van der Waals surface area contributed by atoms with Crippen molar-refractivity contribution in [2.75, 3.05) is 0 Å². The van der Waals surface area contributed by atoms with Gasteiger partial charge in [0.15, 0.2) is 0 Å². The molecule has 1 aliphatic carbocycles. The van der Waals surface area contributed by atoms with Crippen LogP contribution in [0.15, 0.2) is 30.5 Å². The van der Waals surface area contributed by atoms with Crippen LogP contribution >= 0.6 is 11.6 Å². The van der Waals surface area contributed by atoms with E-state index in [4.69, 9.17) is 17.4 Å². The summed E-state index contributed by atoms with van der Waals surface area (Å²) in [7, 11) is 0. The molecule has 1 heterocycles. The van der Waals surface area contributed by atoms with Gasteiger partial charge < -0.3 is 0 Å². The van der Waals surface area contributed by atoms with Gasteiger partial charge in [-0.25, -0.2) is 0 Å². The summed E-state index contributed by atoms with van der Waals surface area (Å²) < 4.78 is 1.97. The standard InChI is InChI=1S/C15H19ClN4/c1-2-7-20-15(13(16)9-18-20)14(19-17)12-8-10-5-3-4-6-11(10)12/h3-6,9,12,14,19H,2,7-8,17H2,1H3. The number of hydrogen-bond donors (Lipinski definition) is 2. The Morgan fingerprint density at radius 2 is 2.30 bits per heavy atom. The van der Waals surface area contributed by atoms with Gasteiger partial charge in [-0.15, -0.1) is 0 Å². The number of halogens is 1. The monoisotopic (exact) mass is 290 g/mol. The summed E-state index contributed by atoms with van der Waals surface area (Å²) in [5, 5.41) is 5.05. The lowest BCUT2D eigenvalue weighted by atomic mass is 9.73. The lowest BCUT2D eigenvalue weighted by Crippen LogP contribution is -2.38. The molecule has 3 rings (SSSR count). The van der Waals surface area contributed by atoms with Crippen LogP contribution in [0, 0.1) is 0 Å². The zero-order chi connectivity index (χ0) is 14.1. The fourth-order valence-corrected chi connectivity index (χ4v) is 3.31. The number of hydrazine groups is 1. The topological polar surface area (TPSA) is 55.9 Å². The number of aromatic nitrogens is 2. The molecule has 0 saturated heterocycles. The minimum absolute atomic E-state index is 0.00597. The smallest absolute Gasteiger partial charge is 0.0834 e. The minimum Gasteiger partial charge on any atom is -0.271 e. The average molecular weight is 291 g/mol. The second-order valence-electron chi connectivity index (χ2n) is 5.25. The molecule has 1 aliphatic rings. The highest BCUT2D eigenvalue weighted by molar-refractivity contribution is 6.31. The number of hydrogen-bond acceptors (Lipinski definition) is 3. The Kier molecular flexibility index (Phi) is 3.78. The van der Waals surface area contributed by atoms with E-state index in [-0.39, 0.29) is 6.04 Å². The summed E-state index contributed by atoms with van der Waals surface area (Å²) in [6.07, 6.45) is 3.75. The summed E-state index contributed by atoms with van der Waals surface area (Å²) in [5.41, 5.74) is 6.69. The van der Waals surface area contributed by atoms with E-state index in [0.717, 1.165) is 25.1 Å². The molecular formula is C15H19ClN4. The Labute approximate surface area is 123 Å². The van der Waals surface area contributed by atoms with Crippen LogP contribution in [0.4, 0.5) is 0 Å². The lowest BCUT2D eigenvalue weighted by molar-refractivity contribution is 0.388. The molecule has 1 aromatic carbocycles. The average Bonchev–Trinajstić information content (AvgIpc) is 2.78. The maximum absolute atomic E-state index is 6.33. The first-order valence-electron chi connectivity index (χ1n) is 7.01. The molecule has 0 fully saturated rings. The number of nitrogens with one attached hydrogen (secondary N) is 1. The van der Waals surface area contributed by atoms with Crippen molar-refractivity contribution in [2.24, 2.45) is 5.84 Å². The van der Waals surface area contributed by atoms with Crippen LogP contribution in [0.5, 0.6) is 0 Å². The second kappa shape index (κ2) is 5.56. The van der Waals surface area contributed by atoms with E-state index < -0.39 is 0 Å². The molecule has 4 nitrogen and oxygen atoms in total. The van der Waals surface area contributed by atoms with Gasteiger partial charge >= 0.3 is 0 Å². The second-order valence-corrected chi connectivity index (χ2v) is 5.66. The van der Waals surface area contributed by atoms with Gasteiger partial charge in [-0.05, 0) is 24.0 Å². The molecule has 0 bridgehead atoms. The number of benzene rings is 1. The summed E-state index contributed by atoms with van der Waals surface area (Å²) >= 11 is 6.33. The minimum atomic E-state index is 0.00597. The Balaban J connectivity index is 1.94. The van der Waals surface area contributed by atoms with Crippen LogP contribution < -0.4 is 11.3 Å². The molecular weight excluding hydrogens is 272 g/mol. The van der Waals surface area contributed by atoms with Crippen LogP contribution in [0.2, 0.25) is 5.02 Å². The van der Waals surface area contributed by atoms with Gasteiger partial charge in [0.1, 0.15) is 0 Å². The van der Waals surface area contributed by atoms with Crippen molar-refractivity contribution >= 4 is 11.6 Å². The summed E-state index contributed by atoms with van der Waals surface area (Å²) in [6, 6.07) is 8.50. The highest BCUT2D eigenvalue weighted by atomic mass is 35.5. The zero-order valence-electron chi connectivity index (χ0n) is 11.5. The molecule has 20 heavy (non-hydrogen) atoms. The third-order valence-corrected chi connectivity index (χ3v) is 4.33. The maximum atomic E-state index is 6.33. The predicted octanol–water partition coefficient (Wildman–Crippen LogP) is 2.79. The Morgan fingerprint density at radius 1 is 1.50 bits per heavy atom. The van der Waals surface area contributed by atoms with Gasteiger partial charge in [-0.1, -0.05) is 42.8 Å². The maximum Gasteiger partial charge on any atom is 0.0834 e. The normalized spacial score (nSPS) is 18.4. The predicted molar refractivity (Wildman–Crippen MR) is 80.5 cm³/mol. The Morgan fingerprint density at radius 3 is 3.00 bits per heavy atom. The number of nitrogens with zero attached hydrogens (tertiary/aromatic N) is 2. The largest absolute Gasteiger partial charge is 0.271 e. The molecule has 1 aromatic heterocycles. The molecule has 5 heteroatoms. The molecule has 0 aliphatic heterocycles. The van der Waals surface area contributed by atoms with Crippen LogP contribution in [-0.4, -0.2) is 9.78 Å². The van der Waals surface area contributed by atoms with Crippen molar-refractivity contribution in [3.63, 3.8) is 0 Å². The summed E-state index contributed by atoms with van der Waals surface area (Å²) in [6.45, 7) is 2.98. The van der Waals surface area contributed by atoms with Gasteiger partial charge in [0.25, 0.3) is 0 Å². The molecule has 0 saturated carbocycles. The molecule has 0 amide bonds. The zero-order valence-corrected chi connectivity index (χ0v) is 12.3. The number of fused-ring (bicyclic) bond motifs is 1. The number of nitrogens with two attached hydrogens (primary N) is 1. The van der Waals surface area contributed by atoms with E-state index in [9.17, 15) is 0 Å². The van der Waals surface area contributed by atoms with Crippen molar-refractivity contribution in [2.45, 2.75) is 38.3 Å². The van der Waals surface area contributed by atoms with E-state index in [0.29, 0.717) is 10.9 Å². The van der Waals surface area contributed by atoms with E-state index in [2.05, 4.69) is 41.7 Å². The lowest BCUT2D eigenvalue weighted by Gasteiger charge is -2.36. The van der Waals surface area contributed by atoms with Gasteiger partial charge in [0.2, 0.25) is 0 Å². The van der Waals surface area contributed by atoms with Gasteiger partial charge in [0.05, 0.1) is 23.0 Å². The molecule has 0 spiro atoms. The van der Waals surface area contributed by atoms with Gasteiger partial charge in [0, 0.05) is 12.5 Å². The molecule has 2 aromatic rings. The quantitative estimate of drug-likeness (QED) is 0.658. The van der Waals surface area contributed by atoms with Crippen molar-refractivity contribution in [3.05, 3.63) is 52.3 Å². The SMILES string of the molecule is CCCn1ncc(Cl)c1C(NN)C1Cc2ccccc21. The first-order chi connectivity index (χ1) is 9.76. The molecule has 106 valence electrons. The van der Waals surface area contributed by atoms with Crippen molar-refractivity contribution in [1.29, 1.82) is 0 Å². The number of aryl methyl sites for hydroxylation is 1. The van der Waals surface area contributed by atoms with Crippen molar-refractivity contribution < 1.29 is 0 Å². The first-order valence-corrected chi connectivity index (χ1v) is 7.39. The van der Waals surface area contributed by atoms with Crippen molar-refractivity contribution in [3.8, 4) is 0 Å². The Bertz CT molecular complexity index is 608. The highest BCUT2D eigenvalue weighted by Crippen LogP contribution is 2.44. The molecule has 2 unspecified atom stereocenters. The van der Waals surface area contributed by atoms with Crippen LogP contribution in [0.3, 0.4) is 0 Å². The summed E-state index contributed by atoms with van der Waals surface area (Å²) in [4.78, 5) is 0. The molecule has 2 atom stereocenters. The van der Waals surface area contributed by atoms with E-state index in [1.807, 2.05) is 4.68 Å². The van der Waals surface area contributed by atoms with E-state index >= 15 is 0 Å². The van der Waals surface area contributed by atoms with E-state index in [1.165, 1.54) is 11.1 Å². The fraction of sp³-hybridized carbons (Fsp3) is 0.400. The van der Waals surface area contributed by atoms with Crippen LogP contribution in [-0.2, 0) is 13.0 Å². The van der Waals surface area contributed by atoms with Gasteiger partial charge in [-0.3, -0.25) is 16.0 Å². The van der Waals surface area contributed by atoms with Gasteiger partial charge in [-0.2, -0.15) is 5.10 Å². The molecule has 3 N–H and O–H groups in total. The van der Waals surface area contributed by atoms with Crippen LogP contribution in [0.25, 0.3) is 0 Å².